The van der Waals surface area contributed by atoms with Gasteiger partial charge in [-0.25, -0.2) is 0 Å². The van der Waals surface area contributed by atoms with Crippen LogP contribution in [0.3, 0.4) is 0 Å². The van der Waals surface area contributed by atoms with Crippen molar-refractivity contribution in [1.82, 2.24) is 9.80 Å². The quantitative estimate of drug-likeness (QED) is 0.143. The van der Waals surface area contributed by atoms with Crippen molar-refractivity contribution in [2.24, 2.45) is 9.98 Å². The minimum atomic E-state index is -0.0715. The average molecular weight is 647 g/mol. The maximum absolute atomic E-state index is 11.3. The van der Waals surface area contributed by atoms with Gasteiger partial charge in [0.05, 0.1) is 13.1 Å². The molecule has 0 atom stereocenters. The number of rotatable bonds is 13. The number of hydrogen-bond donors (Lipinski definition) is 2. The van der Waals surface area contributed by atoms with Crippen LogP contribution in [-0.4, -0.2) is 59.6 Å². The molecule has 48 heavy (non-hydrogen) atoms. The fraction of sp³-hybridized carbons (Fsp3) is 0.381. The number of likely N-dealkylation sites (N-methyl/N-ethyl adjacent to an activating group) is 2. The number of benzene rings is 4. The van der Waals surface area contributed by atoms with Crippen molar-refractivity contribution < 1.29 is 10.2 Å². The summed E-state index contributed by atoms with van der Waals surface area (Å²) in [6, 6.07) is 28.7. The summed E-state index contributed by atoms with van der Waals surface area (Å²) in [6.07, 6.45) is 3.60. The van der Waals surface area contributed by atoms with Gasteiger partial charge in [-0.2, -0.15) is 0 Å². The van der Waals surface area contributed by atoms with Gasteiger partial charge in [0, 0.05) is 60.9 Å². The van der Waals surface area contributed by atoms with Crippen molar-refractivity contribution in [2.75, 3.05) is 27.2 Å². The molecule has 0 aliphatic rings. The molecule has 0 bridgehead atoms. The molecule has 0 spiro atoms. The summed E-state index contributed by atoms with van der Waals surface area (Å²) < 4.78 is 0. The molecule has 6 heteroatoms. The van der Waals surface area contributed by atoms with E-state index in [0.717, 1.165) is 46.5 Å². The fourth-order valence-electron chi connectivity index (χ4n) is 5.49. The zero-order valence-electron chi connectivity index (χ0n) is 30.2. The lowest BCUT2D eigenvalue weighted by molar-refractivity contribution is 0.243. The summed E-state index contributed by atoms with van der Waals surface area (Å²) in [4.78, 5) is 13.8. The van der Waals surface area contributed by atoms with Crippen LogP contribution in [0.15, 0.2) is 94.9 Å². The second-order valence-electron chi connectivity index (χ2n) is 15.0. The monoisotopic (exact) mass is 646 g/mol. The van der Waals surface area contributed by atoms with E-state index in [2.05, 4.69) is 124 Å². The first kappa shape index (κ1) is 36.6. The molecular weight excluding hydrogens is 592 g/mol. The first-order valence-electron chi connectivity index (χ1n) is 16.9. The smallest absolute Gasteiger partial charge is 0.128 e. The summed E-state index contributed by atoms with van der Waals surface area (Å²) >= 11 is 0. The fourth-order valence-corrected chi connectivity index (χ4v) is 5.49. The van der Waals surface area contributed by atoms with Gasteiger partial charge in [-0.05, 0) is 59.3 Å². The Balaban J connectivity index is 1.44. The lowest BCUT2D eigenvalue weighted by Crippen LogP contribution is -2.30. The number of aromatic hydroxyl groups is 2. The van der Waals surface area contributed by atoms with Crippen molar-refractivity contribution in [3.05, 3.63) is 129 Å². The van der Waals surface area contributed by atoms with E-state index >= 15 is 0 Å². The number of nitrogens with zero attached hydrogens (tertiary/aromatic N) is 4. The van der Waals surface area contributed by atoms with Gasteiger partial charge in [0.2, 0.25) is 0 Å². The highest BCUT2D eigenvalue weighted by Crippen LogP contribution is 2.33. The van der Waals surface area contributed by atoms with Gasteiger partial charge in [-0.15, -0.1) is 0 Å². The Labute approximate surface area is 288 Å². The molecule has 4 rings (SSSR count). The Morgan fingerprint density at radius 1 is 0.562 bits per heavy atom. The summed E-state index contributed by atoms with van der Waals surface area (Å²) in [5, 5.41) is 22.6. The zero-order valence-corrected chi connectivity index (χ0v) is 30.2. The van der Waals surface area contributed by atoms with Crippen LogP contribution in [0.5, 0.6) is 11.5 Å². The minimum absolute atomic E-state index is 0.0715. The molecule has 0 aromatic heterocycles. The van der Waals surface area contributed by atoms with Crippen LogP contribution in [0.4, 0.5) is 0 Å². The third-order valence-corrected chi connectivity index (χ3v) is 8.61. The maximum Gasteiger partial charge on any atom is 0.128 e. The van der Waals surface area contributed by atoms with Crippen molar-refractivity contribution in [3.63, 3.8) is 0 Å². The lowest BCUT2D eigenvalue weighted by Gasteiger charge is -2.26. The van der Waals surface area contributed by atoms with E-state index in [-0.39, 0.29) is 22.3 Å². The Hall–Kier alpha value is -4.26. The van der Waals surface area contributed by atoms with Crippen LogP contribution in [0.25, 0.3) is 0 Å². The SMILES string of the molecule is CN(CCN(C)Cc1cc(C(C)(C)C)cc(C=NCc2ccccc2)c1O)Cc1cc(C(C)(C)C)cc(C=NCc2ccccc2)c1O. The van der Waals surface area contributed by atoms with E-state index in [1.807, 2.05) is 36.4 Å². The van der Waals surface area contributed by atoms with Gasteiger partial charge in [0.25, 0.3) is 0 Å². The molecule has 0 saturated heterocycles. The molecule has 0 fully saturated rings. The van der Waals surface area contributed by atoms with Crippen molar-refractivity contribution >= 4 is 12.4 Å². The van der Waals surface area contributed by atoms with Crippen LogP contribution in [-0.2, 0) is 37.0 Å². The molecule has 0 aliphatic heterocycles. The van der Waals surface area contributed by atoms with Crippen LogP contribution in [0, 0.1) is 0 Å². The molecule has 0 saturated carbocycles. The molecule has 6 nitrogen and oxygen atoms in total. The molecule has 254 valence electrons. The van der Waals surface area contributed by atoms with Crippen molar-refractivity contribution in [2.45, 2.75) is 78.6 Å². The van der Waals surface area contributed by atoms with Gasteiger partial charge in [0.15, 0.2) is 0 Å². The summed E-state index contributed by atoms with van der Waals surface area (Å²) in [5.74, 6) is 0.566. The molecule has 0 unspecified atom stereocenters. The molecule has 0 radical (unpaired) electrons. The van der Waals surface area contributed by atoms with E-state index in [4.69, 9.17) is 0 Å². The first-order chi connectivity index (χ1) is 22.7. The molecule has 0 aliphatic carbocycles. The predicted molar refractivity (Wildman–Crippen MR) is 202 cm³/mol. The van der Waals surface area contributed by atoms with Crippen LogP contribution >= 0.6 is 0 Å². The highest BCUT2D eigenvalue weighted by molar-refractivity contribution is 5.85. The van der Waals surface area contributed by atoms with Gasteiger partial charge in [-0.3, -0.25) is 9.98 Å². The minimum Gasteiger partial charge on any atom is -0.507 e. The zero-order chi connectivity index (χ0) is 34.9. The van der Waals surface area contributed by atoms with Crippen molar-refractivity contribution in [3.8, 4) is 11.5 Å². The summed E-state index contributed by atoms with van der Waals surface area (Å²) in [7, 11) is 4.17. The van der Waals surface area contributed by atoms with E-state index < -0.39 is 0 Å². The predicted octanol–water partition coefficient (Wildman–Crippen LogP) is 8.49. The maximum atomic E-state index is 11.3. The van der Waals surface area contributed by atoms with E-state index in [9.17, 15) is 10.2 Å². The van der Waals surface area contributed by atoms with Gasteiger partial charge < -0.3 is 20.0 Å². The van der Waals surface area contributed by atoms with Crippen molar-refractivity contribution in [1.29, 1.82) is 0 Å². The Morgan fingerprint density at radius 2 is 0.917 bits per heavy atom. The summed E-state index contributed by atoms with van der Waals surface area (Å²) in [6.45, 7) is 17.1. The lowest BCUT2D eigenvalue weighted by atomic mass is 9.84. The molecule has 0 heterocycles. The molecule has 2 N–H and O–H groups in total. The van der Waals surface area contributed by atoms with E-state index in [0.29, 0.717) is 26.2 Å². The Kier molecular flexibility index (Phi) is 12.4. The standard InChI is InChI=1S/C42H54N4O2/c1-41(2,3)37-21-33(27-43-25-31-15-11-9-12-16-31)39(47)35(23-37)29-45(7)19-20-46(8)30-36-24-38(42(4,5)6)22-34(40(36)48)28-44-26-32-17-13-10-14-18-32/h9-18,21-24,27-28,47-48H,19-20,25-26,29-30H2,1-8H3. The second kappa shape index (κ2) is 16.2. The Bertz CT molecular complexity index is 1560. The van der Waals surface area contributed by atoms with E-state index in [1.165, 1.54) is 11.1 Å². The summed E-state index contributed by atoms with van der Waals surface area (Å²) in [5.41, 5.74) is 7.74. The molecular formula is C42H54N4O2. The van der Waals surface area contributed by atoms with E-state index in [1.54, 1.807) is 12.4 Å². The number of hydrogen-bond acceptors (Lipinski definition) is 6. The van der Waals surface area contributed by atoms with Crippen LogP contribution < -0.4 is 0 Å². The number of aliphatic imine (C=N–C) groups is 2. The molecule has 4 aromatic carbocycles. The second-order valence-corrected chi connectivity index (χ2v) is 15.0. The third kappa shape index (κ3) is 10.6. The van der Waals surface area contributed by atoms with Gasteiger partial charge >= 0.3 is 0 Å². The third-order valence-electron chi connectivity index (χ3n) is 8.61. The van der Waals surface area contributed by atoms with Crippen LogP contribution in [0.1, 0.15) is 86.1 Å². The highest BCUT2D eigenvalue weighted by atomic mass is 16.3. The molecule has 4 aromatic rings. The normalized spacial score (nSPS) is 12.6. The average Bonchev–Trinajstić information content (AvgIpc) is 3.03. The number of phenolic OH excluding ortho intramolecular Hbond substituents is 2. The van der Waals surface area contributed by atoms with Gasteiger partial charge in [0.1, 0.15) is 11.5 Å². The molecule has 0 amide bonds. The topological polar surface area (TPSA) is 71.7 Å². The highest BCUT2D eigenvalue weighted by Gasteiger charge is 2.21. The largest absolute Gasteiger partial charge is 0.507 e. The van der Waals surface area contributed by atoms with Crippen LogP contribution in [0.2, 0.25) is 0 Å². The number of phenols is 2. The van der Waals surface area contributed by atoms with Gasteiger partial charge in [-0.1, -0.05) is 114 Å². The first-order valence-corrected chi connectivity index (χ1v) is 16.9. The Morgan fingerprint density at radius 3 is 1.25 bits per heavy atom.